The van der Waals surface area contributed by atoms with Crippen molar-refractivity contribution in [3.63, 3.8) is 0 Å². The summed E-state index contributed by atoms with van der Waals surface area (Å²) in [5.74, 6) is -0.127. The highest BCUT2D eigenvalue weighted by Gasteiger charge is 2.17. The number of hydrogen-bond acceptors (Lipinski definition) is 5. The van der Waals surface area contributed by atoms with E-state index < -0.39 is 12.4 Å². The Morgan fingerprint density at radius 3 is 2.53 bits per heavy atom. The molecule has 0 fully saturated rings. The smallest absolute Gasteiger partial charge is 0.334 e. The van der Waals surface area contributed by atoms with E-state index in [-0.39, 0.29) is 12.1 Å². The predicted octanol–water partition coefficient (Wildman–Crippen LogP) is 2.15. The quantitative estimate of drug-likeness (QED) is 0.202. The van der Waals surface area contributed by atoms with Crippen LogP contribution in [0.3, 0.4) is 0 Å². The Bertz CT molecular complexity index is 421. The van der Waals surface area contributed by atoms with E-state index in [0.717, 1.165) is 0 Å². The number of rotatable bonds is 6. The van der Waals surface area contributed by atoms with Gasteiger partial charge in [-0.25, -0.2) is 4.79 Å². The molecule has 8 heteroatoms. The first-order valence-corrected chi connectivity index (χ1v) is 8.65. The Morgan fingerprint density at radius 1 is 1.53 bits per heavy atom. The number of esters is 1. The zero-order valence-corrected chi connectivity index (χ0v) is 13.6. The highest BCUT2D eigenvalue weighted by Crippen LogP contribution is 2.50. The van der Waals surface area contributed by atoms with Crippen LogP contribution in [-0.4, -0.2) is 31.4 Å². The summed E-state index contributed by atoms with van der Waals surface area (Å²) in [6.45, 7) is 6.99. The van der Waals surface area contributed by atoms with Gasteiger partial charge in [0.2, 0.25) is 6.42 Å². The van der Waals surface area contributed by atoms with Gasteiger partial charge < -0.3 is 19.7 Å². The molecular formula is C11H21N2O4PS. The summed E-state index contributed by atoms with van der Waals surface area (Å²) in [4.78, 5) is 11.4. The highest BCUT2D eigenvalue weighted by molar-refractivity contribution is 8.11. The lowest BCUT2D eigenvalue weighted by Crippen LogP contribution is -2.14. The predicted molar refractivity (Wildman–Crippen MR) is 79.5 cm³/mol. The third-order valence-electron chi connectivity index (χ3n) is 1.82. The molecule has 0 spiro atoms. The van der Waals surface area contributed by atoms with Gasteiger partial charge in [0, 0.05) is 6.16 Å². The van der Waals surface area contributed by atoms with E-state index in [1.807, 2.05) is 6.92 Å². The molecule has 0 rings (SSSR count). The van der Waals surface area contributed by atoms with E-state index in [1.165, 1.54) is 13.2 Å². The summed E-state index contributed by atoms with van der Waals surface area (Å²) in [7, 11) is 1.40. The van der Waals surface area contributed by atoms with Crippen molar-refractivity contribution in [1.29, 1.82) is 0 Å². The molecule has 0 aliphatic heterocycles. The van der Waals surface area contributed by atoms with Crippen molar-refractivity contribution in [2.45, 2.75) is 33.8 Å². The summed E-state index contributed by atoms with van der Waals surface area (Å²) in [5, 5.41) is 0. The molecular weight excluding hydrogens is 287 g/mol. The van der Waals surface area contributed by atoms with Crippen molar-refractivity contribution in [2.24, 2.45) is 10.5 Å². The third kappa shape index (κ3) is 7.85. The number of carbonyl (C=O) groups is 1. The van der Waals surface area contributed by atoms with Gasteiger partial charge in [0.05, 0.1) is 19.3 Å². The first kappa shape index (κ1) is 17.9. The van der Waals surface area contributed by atoms with Crippen LogP contribution in [0.15, 0.2) is 16.6 Å². The largest absolute Gasteiger partial charge is 0.468 e. The molecule has 0 heterocycles. The van der Waals surface area contributed by atoms with Crippen LogP contribution < -0.4 is 5.73 Å². The minimum Gasteiger partial charge on any atom is -0.468 e. The molecule has 1 unspecified atom stereocenters. The molecule has 0 amide bonds. The maximum atomic E-state index is 11.4. The van der Waals surface area contributed by atoms with Crippen LogP contribution in [0.5, 0.6) is 0 Å². The van der Waals surface area contributed by atoms with Gasteiger partial charge in [-0.2, -0.15) is 4.76 Å². The fraction of sp³-hybridized carbons (Fsp3) is 0.636. The van der Waals surface area contributed by atoms with Crippen LogP contribution in [0.25, 0.3) is 0 Å². The van der Waals surface area contributed by atoms with Gasteiger partial charge in [-0.15, -0.1) is 0 Å². The van der Waals surface area contributed by atoms with Gasteiger partial charge in [0.25, 0.3) is 6.02 Å². The van der Waals surface area contributed by atoms with Gasteiger partial charge in [0.15, 0.2) is 0 Å². The highest BCUT2D eigenvalue weighted by atomic mass is 32.4. The number of nitrogens with two attached hydrogens (primary N) is 1. The number of hydrogen-bond donors (Lipinski definition) is 1. The van der Waals surface area contributed by atoms with Crippen LogP contribution in [-0.2, 0) is 30.6 Å². The fourth-order valence-corrected chi connectivity index (χ4v) is 2.82. The molecule has 19 heavy (non-hydrogen) atoms. The maximum Gasteiger partial charge on any atom is 0.334 e. The molecule has 0 aromatic carbocycles. The van der Waals surface area contributed by atoms with Crippen LogP contribution in [0.4, 0.5) is 0 Å². The Hall–Kier alpha value is -1.07. The lowest BCUT2D eigenvalue weighted by molar-refractivity contribution is -0.141. The average Bonchev–Trinajstić information content (AvgIpc) is 2.26. The minimum atomic E-state index is -2.52. The number of carbonyl (C=O) groups excluding carboxylic acids is 1. The third-order valence-corrected chi connectivity index (χ3v) is 4.94. The normalized spacial score (nSPS) is 15.9. The summed E-state index contributed by atoms with van der Waals surface area (Å²) in [5.41, 5.74) is 5.48. The number of ether oxygens (including phenoxy) is 2. The molecule has 0 aliphatic carbocycles. The summed E-state index contributed by atoms with van der Waals surface area (Å²) in [6, 6.07) is -0.0252. The number of allylic oxidation sites excluding steroid dienone is 1. The second-order valence-electron chi connectivity index (χ2n) is 3.93. The zero-order valence-electron chi connectivity index (χ0n) is 11.9. The second kappa shape index (κ2) is 8.17. The van der Waals surface area contributed by atoms with E-state index in [2.05, 4.69) is 4.76 Å². The van der Waals surface area contributed by atoms with E-state index in [4.69, 9.17) is 31.5 Å². The van der Waals surface area contributed by atoms with Gasteiger partial charge in [-0.05, 0) is 32.6 Å². The number of amidine groups is 1. The standard InChI is InChI=1S/C11H21N2O4PS/c1-6-18(19,13-11(12)15-5)17-9(4)7-10(14)16-8(2)3/h7-8H,6H2,1-5H3,(H2,12,13,19). The molecule has 0 saturated heterocycles. The monoisotopic (exact) mass is 308 g/mol. The molecule has 0 saturated carbocycles. The van der Waals surface area contributed by atoms with Crippen LogP contribution in [0, 0.1) is 0 Å². The maximum absolute atomic E-state index is 11.4. The SMILES string of the molecule is CCP(=S)(N=C(N)OC)OC(C)=CC(=O)OC(C)C. The molecule has 1 atom stereocenters. The van der Waals surface area contributed by atoms with Gasteiger partial charge in [0.1, 0.15) is 5.76 Å². The Morgan fingerprint density at radius 2 is 2.11 bits per heavy atom. The minimum absolute atomic E-state index is 0.0252. The Balaban J connectivity index is 4.85. The zero-order chi connectivity index (χ0) is 15.1. The molecule has 0 aliphatic rings. The van der Waals surface area contributed by atoms with Crippen molar-refractivity contribution in [3.8, 4) is 0 Å². The Labute approximate surface area is 119 Å². The molecule has 0 aromatic heterocycles. The van der Waals surface area contributed by atoms with E-state index in [9.17, 15) is 4.79 Å². The van der Waals surface area contributed by atoms with Crippen LogP contribution in [0.1, 0.15) is 27.7 Å². The summed E-state index contributed by atoms with van der Waals surface area (Å²) in [6.07, 6.45) is -0.969. The summed E-state index contributed by atoms with van der Waals surface area (Å²) < 4.78 is 19.3. The number of nitrogens with zero attached hydrogens (tertiary/aromatic N) is 1. The first-order chi connectivity index (χ1) is 8.72. The van der Waals surface area contributed by atoms with Gasteiger partial charge >= 0.3 is 5.97 Å². The lowest BCUT2D eigenvalue weighted by Gasteiger charge is -2.18. The second-order valence-corrected chi connectivity index (χ2v) is 7.93. The van der Waals surface area contributed by atoms with Crippen molar-refractivity contribution in [1.82, 2.24) is 0 Å². The molecule has 0 bridgehead atoms. The molecule has 0 radical (unpaired) electrons. The first-order valence-electron chi connectivity index (χ1n) is 5.79. The molecule has 0 aromatic rings. The van der Waals surface area contributed by atoms with Gasteiger partial charge in [-0.3, -0.25) is 0 Å². The topological polar surface area (TPSA) is 83.1 Å². The summed E-state index contributed by atoms with van der Waals surface area (Å²) >= 11 is 5.31. The Kier molecular flexibility index (Phi) is 7.71. The number of methoxy groups -OCH3 is 1. The van der Waals surface area contributed by atoms with Crippen molar-refractivity contribution >= 4 is 30.2 Å². The molecule has 2 N–H and O–H groups in total. The molecule has 6 nitrogen and oxygen atoms in total. The van der Waals surface area contributed by atoms with E-state index in [0.29, 0.717) is 11.9 Å². The van der Waals surface area contributed by atoms with Crippen molar-refractivity contribution in [2.75, 3.05) is 13.3 Å². The van der Waals surface area contributed by atoms with Crippen LogP contribution >= 0.6 is 6.42 Å². The van der Waals surface area contributed by atoms with Crippen molar-refractivity contribution in [3.05, 3.63) is 11.8 Å². The fourth-order valence-electron chi connectivity index (χ4n) is 1.03. The van der Waals surface area contributed by atoms with Crippen LogP contribution in [0.2, 0.25) is 0 Å². The van der Waals surface area contributed by atoms with Crippen molar-refractivity contribution < 1.29 is 18.8 Å². The molecule has 110 valence electrons. The lowest BCUT2D eigenvalue weighted by atomic mass is 10.4. The van der Waals surface area contributed by atoms with E-state index >= 15 is 0 Å². The van der Waals surface area contributed by atoms with Gasteiger partial charge in [-0.1, -0.05) is 6.92 Å². The average molecular weight is 308 g/mol. The van der Waals surface area contributed by atoms with E-state index in [1.54, 1.807) is 20.8 Å².